The van der Waals surface area contributed by atoms with Crippen LogP contribution in [0.1, 0.15) is 90.0 Å². The number of ether oxygens (including phenoxy) is 2. The number of unbranched alkanes of at least 4 members (excludes halogenated alkanes) is 9. The van der Waals surface area contributed by atoms with E-state index in [1.165, 1.54) is 76.2 Å². The Bertz CT molecular complexity index is 531. The fourth-order valence-electron chi connectivity index (χ4n) is 3.32. The summed E-state index contributed by atoms with van der Waals surface area (Å²) in [5.41, 5.74) is 1.29. The summed E-state index contributed by atoms with van der Waals surface area (Å²) in [7, 11) is 0. The van der Waals surface area contributed by atoms with E-state index in [4.69, 9.17) is 9.47 Å². The van der Waals surface area contributed by atoms with E-state index in [2.05, 4.69) is 50.3 Å². The monoisotopic (exact) mass is 372 g/mol. The smallest absolute Gasteiger partial charge is 0.123 e. The predicted octanol–water partition coefficient (Wildman–Crippen LogP) is 7.26. The van der Waals surface area contributed by atoms with Gasteiger partial charge in [-0.1, -0.05) is 75.8 Å². The van der Waals surface area contributed by atoms with Crippen LogP contribution in [0.5, 0.6) is 5.75 Å². The van der Waals surface area contributed by atoms with Gasteiger partial charge in [-0.05, 0) is 57.1 Å². The number of rotatable bonds is 16. The molecular weight excluding hydrogens is 332 g/mol. The van der Waals surface area contributed by atoms with Crippen LogP contribution in [-0.2, 0) is 11.2 Å². The molecule has 0 bridgehead atoms. The zero-order chi connectivity index (χ0) is 19.2. The minimum atomic E-state index is -0.0455. The van der Waals surface area contributed by atoms with Crippen molar-refractivity contribution in [3.05, 3.63) is 42.0 Å². The molecular formula is C25H40O2. The summed E-state index contributed by atoms with van der Waals surface area (Å²) in [6, 6.07) is 8.47. The zero-order valence-electron chi connectivity index (χ0n) is 17.7. The van der Waals surface area contributed by atoms with Crippen molar-refractivity contribution in [3.8, 4) is 5.75 Å². The molecule has 152 valence electrons. The maximum absolute atomic E-state index is 5.99. The van der Waals surface area contributed by atoms with Crippen molar-refractivity contribution in [1.82, 2.24) is 0 Å². The van der Waals surface area contributed by atoms with E-state index in [9.17, 15) is 0 Å². The SMILES string of the molecule is CCCCCCC/C=C/CCCCCCc1ccccc1OCC1(C)CO1. The second kappa shape index (κ2) is 13.0. The zero-order valence-corrected chi connectivity index (χ0v) is 17.7. The predicted molar refractivity (Wildman–Crippen MR) is 116 cm³/mol. The van der Waals surface area contributed by atoms with E-state index in [1.54, 1.807) is 0 Å². The van der Waals surface area contributed by atoms with Crippen molar-refractivity contribution in [1.29, 1.82) is 0 Å². The van der Waals surface area contributed by atoms with Gasteiger partial charge < -0.3 is 9.47 Å². The number of epoxide rings is 1. The molecule has 1 aliphatic rings. The lowest BCUT2D eigenvalue weighted by atomic mass is 10.0. The normalized spacial score (nSPS) is 18.9. The average Bonchev–Trinajstić information content (AvgIpc) is 3.42. The minimum absolute atomic E-state index is 0.0455. The molecule has 0 radical (unpaired) electrons. The van der Waals surface area contributed by atoms with Gasteiger partial charge in [-0.25, -0.2) is 0 Å². The molecule has 1 aromatic carbocycles. The Balaban J connectivity index is 1.48. The van der Waals surface area contributed by atoms with Gasteiger partial charge in [0.1, 0.15) is 18.0 Å². The van der Waals surface area contributed by atoms with E-state index in [0.717, 1.165) is 18.8 Å². The Morgan fingerprint density at radius 1 is 0.926 bits per heavy atom. The maximum atomic E-state index is 5.99. The Labute approximate surface area is 167 Å². The average molecular weight is 373 g/mol. The molecule has 1 atom stereocenters. The molecule has 1 aliphatic heterocycles. The van der Waals surface area contributed by atoms with Gasteiger partial charge in [0.25, 0.3) is 0 Å². The van der Waals surface area contributed by atoms with Gasteiger partial charge in [0.2, 0.25) is 0 Å². The topological polar surface area (TPSA) is 21.8 Å². The lowest BCUT2D eigenvalue weighted by Crippen LogP contribution is -2.17. The number of hydrogen-bond donors (Lipinski definition) is 0. The van der Waals surface area contributed by atoms with Crippen LogP contribution in [0.3, 0.4) is 0 Å². The first-order valence-corrected chi connectivity index (χ1v) is 11.2. The first kappa shape index (κ1) is 22.0. The molecule has 0 saturated carbocycles. The molecule has 1 aromatic rings. The van der Waals surface area contributed by atoms with E-state index < -0.39 is 0 Å². The van der Waals surface area contributed by atoms with Crippen molar-refractivity contribution in [2.75, 3.05) is 13.2 Å². The van der Waals surface area contributed by atoms with Gasteiger partial charge >= 0.3 is 0 Å². The quantitative estimate of drug-likeness (QED) is 0.173. The highest BCUT2D eigenvalue weighted by atomic mass is 16.6. The van der Waals surface area contributed by atoms with Crippen LogP contribution in [0, 0.1) is 0 Å². The molecule has 0 amide bonds. The highest BCUT2D eigenvalue weighted by Gasteiger charge is 2.40. The van der Waals surface area contributed by atoms with Gasteiger partial charge in [0.05, 0.1) is 6.61 Å². The number of allylic oxidation sites excluding steroid dienone is 2. The van der Waals surface area contributed by atoms with Crippen LogP contribution in [0.15, 0.2) is 36.4 Å². The van der Waals surface area contributed by atoms with Gasteiger partial charge in [0.15, 0.2) is 0 Å². The fraction of sp³-hybridized carbons (Fsp3) is 0.680. The lowest BCUT2D eigenvalue weighted by molar-refractivity contribution is 0.201. The number of para-hydroxylation sites is 1. The standard InChI is InChI=1S/C25H40O2/c1-3-4-5-6-7-8-9-10-11-12-13-14-15-18-23-19-16-17-20-24(23)26-21-25(2)22-27-25/h9-10,16-17,19-20H,3-8,11-15,18,21-22H2,1-2H3/b10-9+. The van der Waals surface area contributed by atoms with E-state index in [0.29, 0.717) is 6.61 Å². The summed E-state index contributed by atoms with van der Waals surface area (Å²) in [5.74, 6) is 1.04. The molecule has 0 aromatic heterocycles. The first-order valence-electron chi connectivity index (χ1n) is 11.2. The van der Waals surface area contributed by atoms with Crippen molar-refractivity contribution in [2.45, 2.75) is 96.5 Å². The fourth-order valence-corrected chi connectivity index (χ4v) is 3.32. The minimum Gasteiger partial charge on any atom is -0.490 e. The summed E-state index contributed by atoms with van der Waals surface area (Å²) in [4.78, 5) is 0. The van der Waals surface area contributed by atoms with Gasteiger partial charge in [0, 0.05) is 0 Å². The number of hydrogen-bond acceptors (Lipinski definition) is 2. The molecule has 2 nitrogen and oxygen atoms in total. The van der Waals surface area contributed by atoms with E-state index in [1.807, 2.05) is 0 Å². The van der Waals surface area contributed by atoms with E-state index in [-0.39, 0.29) is 5.60 Å². The molecule has 1 heterocycles. The van der Waals surface area contributed by atoms with Gasteiger partial charge in [-0.2, -0.15) is 0 Å². The summed E-state index contributed by atoms with van der Waals surface area (Å²) in [5, 5.41) is 0. The molecule has 0 spiro atoms. The molecule has 1 saturated heterocycles. The first-order chi connectivity index (χ1) is 13.2. The second-order valence-corrected chi connectivity index (χ2v) is 8.26. The molecule has 1 fully saturated rings. The van der Waals surface area contributed by atoms with Crippen LogP contribution in [0.2, 0.25) is 0 Å². The molecule has 27 heavy (non-hydrogen) atoms. The largest absolute Gasteiger partial charge is 0.490 e. The van der Waals surface area contributed by atoms with Crippen molar-refractivity contribution >= 4 is 0 Å². The Hall–Kier alpha value is -1.28. The number of benzene rings is 1. The third-order valence-electron chi connectivity index (χ3n) is 5.35. The van der Waals surface area contributed by atoms with Crippen molar-refractivity contribution in [2.24, 2.45) is 0 Å². The van der Waals surface area contributed by atoms with Crippen LogP contribution in [0.25, 0.3) is 0 Å². The third-order valence-corrected chi connectivity index (χ3v) is 5.35. The molecule has 0 N–H and O–H groups in total. The molecule has 2 rings (SSSR count). The molecule has 1 unspecified atom stereocenters. The van der Waals surface area contributed by atoms with Crippen molar-refractivity contribution in [3.63, 3.8) is 0 Å². The van der Waals surface area contributed by atoms with Crippen LogP contribution in [-0.4, -0.2) is 18.8 Å². The second-order valence-electron chi connectivity index (χ2n) is 8.26. The summed E-state index contributed by atoms with van der Waals surface area (Å²) in [6.45, 7) is 5.87. The summed E-state index contributed by atoms with van der Waals surface area (Å²) in [6.07, 6.45) is 20.5. The van der Waals surface area contributed by atoms with Crippen LogP contribution < -0.4 is 4.74 Å². The van der Waals surface area contributed by atoms with E-state index >= 15 is 0 Å². The van der Waals surface area contributed by atoms with Crippen LogP contribution >= 0.6 is 0 Å². The Morgan fingerprint density at radius 2 is 1.56 bits per heavy atom. The lowest BCUT2D eigenvalue weighted by Gasteiger charge is -2.13. The number of aryl methyl sites for hydroxylation is 1. The summed E-state index contributed by atoms with van der Waals surface area (Å²) < 4.78 is 11.4. The Morgan fingerprint density at radius 3 is 2.22 bits per heavy atom. The van der Waals surface area contributed by atoms with Gasteiger partial charge in [-0.3, -0.25) is 0 Å². The van der Waals surface area contributed by atoms with Gasteiger partial charge in [-0.15, -0.1) is 0 Å². The maximum Gasteiger partial charge on any atom is 0.123 e. The summed E-state index contributed by atoms with van der Waals surface area (Å²) >= 11 is 0. The van der Waals surface area contributed by atoms with Crippen LogP contribution in [0.4, 0.5) is 0 Å². The highest BCUT2D eigenvalue weighted by molar-refractivity contribution is 5.33. The third kappa shape index (κ3) is 10.0. The van der Waals surface area contributed by atoms with Crippen molar-refractivity contribution < 1.29 is 9.47 Å². The Kier molecular flexibility index (Phi) is 10.6. The molecule has 2 heteroatoms. The molecule has 0 aliphatic carbocycles. The highest BCUT2D eigenvalue weighted by Crippen LogP contribution is 2.28.